The van der Waals surface area contributed by atoms with Gasteiger partial charge >= 0.3 is 0 Å². The van der Waals surface area contributed by atoms with E-state index in [4.69, 9.17) is 10.9 Å². The van der Waals surface area contributed by atoms with Crippen LogP contribution in [0.5, 0.6) is 0 Å². The molecule has 3 rings (SSSR count). The highest BCUT2D eigenvalue weighted by Crippen LogP contribution is 2.38. The molecule has 1 aliphatic heterocycles. The fourth-order valence-corrected chi connectivity index (χ4v) is 4.47. The van der Waals surface area contributed by atoms with Crippen LogP contribution >= 0.6 is 0 Å². The molecule has 2 atom stereocenters. The maximum atomic E-state index is 11.6. The molecule has 0 spiro atoms. The van der Waals surface area contributed by atoms with Gasteiger partial charge < -0.3 is 10.6 Å². The van der Waals surface area contributed by atoms with Crippen LogP contribution in [0.25, 0.3) is 0 Å². The zero-order valence-corrected chi connectivity index (χ0v) is 13.0. The first kappa shape index (κ1) is 14.7. The third kappa shape index (κ3) is 3.01. The molecular formula is C15H23N3O2S. The summed E-state index contributed by atoms with van der Waals surface area (Å²) in [6, 6.07) is 5.48. The van der Waals surface area contributed by atoms with Gasteiger partial charge in [-0.25, -0.2) is 13.6 Å². The van der Waals surface area contributed by atoms with Crippen LogP contribution in [0, 0.1) is 5.92 Å². The molecule has 1 aliphatic carbocycles. The van der Waals surface area contributed by atoms with Crippen LogP contribution < -0.4 is 15.8 Å². The quantitative estimate of drug-likeness (QED) is 0.818. The maximum absolute atomic E-state index is 11.6. The van der Waals surface area contributed by atoms with E-state index in [0.717, 1.165) is 24.6 Å². The number of rotatable bonds is 2. The number of nitrogens with two attached hydrogens (primary N) is 2. The standard InChI is InChI=1S/C15H23N3O2S/c16-12-8-13(10-14(9-12)21(17,19)20)18-7-3-5-11-4-1-2-6-15(11)18/h8-11,15H,1-7,16H2,(H2,17,19,20). The minimum Gasteiger partial charge on any atom is -0.399 e. The van der Waals surface area contributed by atoms with Gasteiger partial charge in [-0.05, 0) is 49.8 Å². The number of hydrogen-bond acceptors (Lipinski definition) is 4. The molecular weight excluding hydrogens is 286 g/mol. The second kappa shape index (κ2) is 5.50. The molecule has 0 aromatic heterocycles. The normalized spacial score (nSPS) is 26.4. The van der Waals surface area contributed by atoms with Gasteiger partial charge in [0.2, 0.25) is 10.0 Å². The zero-order valence-electron chi connectivity index (χ0n) is 12.2. The molecule has 1 saturated carbocycles. The highest BCUT2D eigenvalue weighted by molar-refractivity contribution is 7.89. The summed E-state index contributed by atoms with van der Waals surface area (Å²) >= 11 is 0. The van der Waals surface area contributed by atoms with Crippen molar-refractivity contribution in [1.82, 2.24) is 0 Å². The van der Waals surface area contributed by atoms with Crippen molar-refractivity contribution in [2.24, 2.45) is 11.1 Å². The average Bonchev–Trinajstić information content (AvgIpc) is 2.45. The van der Waals surface area contributed by atoms with Crippen LogP contribution in [0.3, 0.4) is 0 Å². The molecule has 1 heterocycles. The van der Waals surface area contributed by atoms with E-state index in [2.05, 4.69) is 4.90 Å². The van der Waals surface area contributed by atoms with Crippen molar-refractivity contribution in [3.8, 4) is 0 Å². The third-order valence-electron chi connectivity index (χ3n) is 4.82. The van der Waals surface area contributed by atoms with Crippen LogP contribution in [0.1, 0.15) is 38.5 Å². The number of sulfonamides is 1. The van der Waals surface area contributed by atoms with Crippen molar-refractivity contribution in [3.05, 3.63) is 18.2 Å². The monoisotopic (exact) mass is 309 g/mol. The number of benzene rings is 1. The minimum absolute atomic E-state index is 0.107. The Kier molecular flexibility index (Phi) is 3.84. The Morgan fingerprint density at radius 1 is 1.05 bits per heavy atom. The largest absolute Gasteiger partial charge is 0.399 e. The smallest absolute Gasteiger partial charge is 0.238 e. The van der Waals surface area contributed by atoms with Crippen molar-refractivity contribution in [1.29, 1.82) is 0 Å². The maximum Gasteiger partial charge on any atom is 0.238 e. The molecule has 1 saturated heterocycles. The first-order valence-corrected chi connectivity index (χ1v) is 9.20. The molecule has 5 nitrogen and oxygen atoms in total. The number of nitrogens with zero attached hydrogens (tertiary/aromatic N) is 1. The summed E-state index contributed by atoms with van der Waals surface area (Å²) < 4.78 is 23.2. The van der Waals surface area contributed by atoms with Crippen molar-refractivity contribution in [3.63, 3.8) is 0 Å². The van der Waals surface area contributed by atoms with Crippen LogP contribution in [0.2, 0.25) is 0 Å². The predicted molar refractivity (Wildman–Crippen MR) is 84.6 cm³/mol. The van der Waals surface area contributed by atoms with Gasteiger partial charge in [-0.3, -0.25) is 0 Å². The van der Waals surface area contributed by atoms with Crippen LogP contribution in [-0.2, 0) is 10.0 Å². The third-order valence-corrected chi connectivity index (χ3v) is 5.71. The molecule has 21 heavy (non-hydrogen) atoms. The SMILES string of the molecule is Nc1cc(N2CCCC3CCCCC32)cc(S(N)(=O)=O)c1. The lowest BCUT2D eigenvalue weighted by Gasteiger charge is -2.45. The van der Waals surface area contributed by atoms with Gasteiger partial charge in [0.15, 0.2) is 0 Å². The minimum atomic E-state index is -3.72. The summed E-state index contributed by atoms with van der Waals surface area (Å²) in [5.74, 6) is 0.729. The molecule has 2 aliphatic rings. The predicted octanol–water partition coefficient (Wildman–Crippen LogP) is 2.08. The number of hydrogen-bond donors (Lipinski definition) is 2. The molecule has 0 radical (unpaired) electrons. The highest BCUT2D eigenvalue weighted by atomic mass is 32.2. The number of nitrogen functional groups attached to an aromatic ring is 1. The first-order valence-electron chi connectivity index (χ1n) is 7.65. The van der Waals surface area contributed by atoms with Crippen LogP contribution in [0.4, 0.5) is 11.4 Å². The Hall–Kier alpha value is -1.27. The summed E-state index contributed by atoms with van der Waals surface area (Å²) in [5, 5.41) is 5.25. The fraction of sp³-hybridized carbons (Fsp3) is 0.600. The van der Waals surface area contributed by atoms with Gasteiger partial charge in [0.25, 0.3) is 0 Å². The fourth-order valence-electron chi connectivity index (χ4n) is 3.88. The van der Waals surface area contributed by atoms with Crippen molar-refractivity contribution >= 4 is 21.4 Å². The van der Waals surface area contributed by atoms with E-state index in [1.54, 1.807) is 6.07 Å². The topological polar surface area (TPSA) is 89.4 Å². The molecule has 6 heteroatoms. The van der Waals surface area contributed by atoms with E-state index in [1.807, 2.05) is 6.07 Å². The summed E-state index contributed by atoms with van der Waals surface area (Å²) in [6.07, 6.45) is 7.47. The lowest BCUT2D eigenvalue weighted by molar-refractivity contribution is 0.244. The van der Waals surface area contributed by atoms with E-state index < -0.39 is 10.0 Å². The van der Waals surface area contributed by atoms with E-state index in [0.29, 0.717) is 11.7 Å². The van der Waals surface area contributed by atoms with E-state index in [-0.39, 0.29) is 4.90 Å². The molecule has 4 N–H and O–H groups in total. The second-order valence-electron chi connectivity index (χ2n) is 6.25. The Labute approximate surface area is 126 Å². The van der Waals surface area contributed by atoms with Gasteiger partial charge in [-0.15, -0.1) is 0 Å². The van der Waals surface area contributed by atoms with Gasteiger partial charge in [-0.1, -0.05) is 12.8 Å². The van der Waals surface area contributed by atoms with Crippen molar-refractivity contribution in [2.75, 3.05) is 17.2 Å². The van der Waals surface area contributed by atoms with Gasteiger partial charge in [0, 0.05) is 24.0 Å². The van der Waals surface area contributed by atoms with E-state index in [1.165, 1.54) is 38.2 Å². The van der Waals surface area contributed by atoms with Crippen LogP contribution in [0.15, 0.2) is 23.1 Å². The number of fused-ring (bicyclic) bond motifs is 1. The number of anilines is 2. The second-order valence-corrected chi connectivity index (χ2v) is 7.81. The zero-order chi connectivity index (χ0) is 15.0. The Balaban J connectivity index is 1.97. The van der Waals surface area contributed by atoms with E-state index in [9.17, 15) is 8.42 Å². The van der Waals surface area contributed by atoms with Crippen molar-refractivity contribution < 1.29 is 8.42 Å². The van der Waals surface area contributed by atoms with Gasteiger partial charge in [-0.2, -0.15) is 0 Å². The van der Waals surface area contributed by atoms with Gasteiger partial charge in [0.05, 0.1) is 4.90 Å². The number of primary sulfonamides is 1. The lowest BCUT2D eigenvalue weighted by atomic mass is 9.78. The Morgan fingerprint density at radius 2 is 1.76 bits per heavy atom. The molecule has 0 amide bonds. The lowest BCUT2D eigenvalue weighted by Crippen LogP contribution is -2.47. The summed E-state index contributed by atoms with van der Waals surface area (Å²) in [4.78, 5) is 2.45. The Morgan fingerprint density at radius 3 is 2.52 bits per heavy atom. The molecule has 1 aromatic carbocycles. The molecule has 116 valence electrons. The summed E-state index contributed by atoms with van der Waals surface area (Å²) in [7, 11) is -3.72. The van der Waals surface area contributed by atoms with E-state index >= 15 is 0 Å². The van der Waals surface area contributed by atoms with Crippen molar-refractivity contribution in [2.45, 2.75) is 49.5 Å². The summed E-state index contributed by atoms with van der Waals surface area (Å²) in [6.45, 7) is 0.967. The highest BCUT2D eigenvalue weighted by Gasteiger charge is 2.33. The Bertz CT molecular complexity index is 628. The molecule has 0 bridgehead atoms. The van der Waals surface area contributed by atoms with Gasteiger partial charge in [0.1, 0.15) is 0 Å². The first-order chi connectivity index (χ1) is 9.95. The van der Waals surface area contributed by atoms with Crippen LogP contribution in [-0.4, -0.2) is 21.0 Å². The molecule has 1 aromatic rings. The molecule has 2 fully saturated rings. The average molecular weight is 309 g/mol. The number of piperidine rings is 1. The summed E-state index contributed by atoms with van der Waals surface area (Å²) in [5.41, 5.74) is 7.24. The molecule has 2 unspecified atom stereocenters.